The van der Waals surface area contributed by atoms with Gasteiger partial charge < -0.3 is 11.5 Å². The van der Waals surface area contributed by atoms with E-state index in [0.29, 0.717) is 5.00 Å². The molecule has 1 heterocycles. The Morgan fingerprint density at radius 3 is 2.60 bits per heavy atom. The number of primary amides is 2. The van der Waals surface area contributed by atoms with Crippen LogP contribution in [-0.4, -0.2) is 11.9 Å². The minimum Gasteiger partial charge on any atom is -0.366 e. The molecule has 6 N–H and O–H groups in total. The third-order valence-electron chi connectivity index (χ3n) is 2.65. The fraction of sp³-hybridized carbons (Fsp3) is 0.0769. The van der Waals surface area contributed by atoms with E-state index >= 15 is 0 Å². The molecule has 0 spiro atoms. The van der Waals surface area contributed by atoms with Crippen molar-refractivity contribution in [1.82, 2.24) is 5.73 Å². The lowest BCUT2D eigenvalue weighted by Crippen LogP contribution is -2.21. The first-order valence-electron chi connectivity index (χ1n) is 5.75. The van der Waals surface area contributed by atoms with E-state index in [2.05, 4.69) is 5.32 Å². The van der Waals surface area contributed by atoms with Crippen LogP contribution in [0.15, 0.2) is 30.3 Å². The molecule has 103 valence electrons. The van der Waals surface area contributed by atoms with E-state index < -0.39 is 11.9 Å². The monoisotopic (exact) mass is 289 g/mol. The first-order valence-corrected chi connectivity index (χ1v) is 6.57. The highest BCUT2D eigenvalue weighted by atomic mass is 32.1. The molecule has 7 heteroatoms. The molecule has 3 amide bonds. The number of carbonyl (C=O) groups is 2. The predicted octanol–water partition coefficient (Wildman–Crippen LogP) is 1.79. The number of nitrogens with one attached hydrogen (secondary N) is 2. The first-order chi connectivity index (χ1) is 9.51. The average molecular weight is 289 g/mol. The van der Waals surface area contributed by atoms with Gasteiger partial charge in [0.05, 0.1) is 5.56 Å². The second-order valence-corrected chi connectivity index (χ2v) is 5.14. The number of hydrogen-bond donors (Lipinski definition) is 3. The van der Waals surface area contributed by atoms with Crippen molar-refractivity contribution in [3.05, 3.63) is 41.5 Å². The third-order valence-corrected chi connectivity index (χ3v) is 3.75. The van der Waals surface area contributed by atoms with Gasteiger partial charge in [-0.2, -0.15) is 0 Å². The topological polar surface area (TPSA) is 122 Å². The molecule has 0 saturated carbocycles. The van der Waals surface area contributed by atoms with Gasteiger partial charge in [-0.05, 0) is 23.3 Å². The second-order valence-electron chi connectivity index (χ2n) is 4.08. The van der Waals surface area contributed by atoms with Crippen LogP contribution in [0.25, 0.3) is 10.4 Å². The number of carbonyl (C=O) groups excluding carboxylic acids is 2. The zero-order valence-electron chi connectivity index (χ0n) is 10.5. The van der Waals surface area contributed by atoms with Crippen LogP contribution in [-0.2, 0) is 6.54 Å². The summed E-state index contributed by atoms with van der Waals surface area (Å²) in [4.78, 5) is 23.1. The van der Waals surface area contributed by atoms with Gasteiger partial charge in [0.2, 0.25) is 0 Å². The van der Waals surface area contributed by atoms with E-state index in [9.17, 15) is 9.59 Å². The van der Waals surface area contributed by atoms with Gasteiger partial charge in [0, 0.05) is 11.4 Å². The second kappa shape index (κ2) is 5.72. The number of amides is 3. The van der Waals surface area contributed by atoms with Crippen molar-refractivity contribution >= 4 is 28.3 Å². The zero-order chi connectivity index (χ0) is 14.7. The molecule has 2 rings (SSSR count). The average Bonchev–Trinajstić information content (AvgIpc) is 2.82. The summed E-state index contributed by atoms with van der Waals surface area (Å²) < 4.78 is 0. The van der Waals surface area contributed by atoms with E-state index in [4.69, 9.17) is 17.2 Å². The zero-order valence-corrected chi connectivity index (χ0v) is 11.3. The molecule has 0 fully saturated rings. The summed E-state index contributed by atoms with van der Waals surface area (Å²) in [6, 6.07) is 8.27. The largest absolute Gasteiger partial charge is 0.366 e. The maximum Gasteiger partial charge on any atom is 0.317 e. The summed E-state index contributed by atoms with van der Waals surface area (Å²) in [6.07, 6.45) is 0. The summed E-state index contributed by atoms with van der Waals surface area (Å²) >= 11 is 1.21. The maximum absolute atomic E-state index is 11.4. The number of anilines is 1. The van der Waals surface area contributed by atoms with Gasteiger partial charge in [-0.3, -0.25) is 15.8 Å². The Labute approximate surface area is 119 Å². The normalized spacial score (nSPS) is 10.2. The van der Waals surface area contributed by atoms with E-state index in [1.165, 1.54) is 11.3 Å². The fourth-order valence-electron chi connectivity index (χ4n) is 1.76. The van der Waals surface area contributed by atoms with Crippen molar-refractivity contribution in [3.8, 4) is 10.4 Å². The molecule has 1 aromatic carbocycles. The van der Waals surface area contributed by atoms with Gasteiger partial charge in [0.25, 0.3) is 5.91 Å². The smallest absolute Gasteiger partial charge is 0.317 e. The van der Waals surface area contributed by atoms with Crippen molar-refractivity contribution in [2.45, 2.75) is 6.54 Å². The molecule has 0 atom stereocenters. The molecule has 2 aromatic rings. The molecule has 0 unspecified atom stereocenters. The summed E-state index contributed by atoms with van der Waals surface area (Å²) in [7, 11) is 0. The van der Waals surface area contributed by atoms with Crippen molar-refractivity contribution in [2.24, 2.45) is 11.5 Å². The molecule has 1 aromatic heterocycles. The van der Waals surface area contributed by atoms with E-state index in [0.717, 1.165) is 16.0 Å². The minimum absolute atomic E-state index is 0.175. The van der Waals surface area contributed by atoms with Crippen LogP contribution in [0.1, 0.15) is 15.9 Å². The molecule has 0 saturated heterocycles. The first kappa shape index (κ1) is 14.0. The van der Waals surface area contributed by atoms with Crippen LogP contribution in [0.4, 0.5) is 9.80 Å². The standard InChI is InChI=1S/C13H13N4O2S/c14-6-7-2-1-3-8(4-7)10-5-9(11(15)18)12(20-10)17-13(16)19/h1-5,14H,6H2,(H2,15,18)(H3,16,17,19). The molecular formula is C13H13N4O2S. The van der Waals surface area contributed by atoms with Gasteiger partial charge in [0.1, 0.15) is 5.00 Å². The highest BCUT2D eigenvalue weighted by molar-refractivity contribution is 7.20. The predicted molar refractivity (Wildman–Crippen MR) is 78.3 cm³/mol. The van der Waals surface area contributed by atoms with Gasteiger partial charge in [-0.1, -0.05) is 18.2 Å². The fourth-order valence-corrected chi connectivity index (χ4v) is 2.82. The number of benzene rings is 1. The lowest BCUT2D eigenvalue weighted by molar-refractivity contribution is 0.100. The molecular weight excluding hydrogens is 276 g/mol. The van der Waals surface area contributed by atoms with Crippen molar-refractivity contribution in [1.29, 1.82) is 0 Å². The number of rotatable bonds is 4. The van der Waals surface area contributed by atoms with Crippen molar-refractivity contribution < 1.29 is 9.59 Å². The summed E-state index contributed by atoms with van der Waals surface area (Å²) in [5.74, 6) is -0.632. The van der Waals surface area contributed by atoms with Gasteiger partial charge in [-0.25, -0.2) is 4.79 Å². The molecule has 20 heavy (non-hydrogen) atoms. The Morgan fingerprint density at radius 1 is 1.25 bits per heavy atom. The summed E-state index contributed by atoms with van der Waals surface area (Å²) in [6.45, 7) is 0.175. The molecule has 0 bridgehead atoms. The van der Waals surface area contributed by atoms with E-state index in [1.807, 2.05) is 24.3 Å². The number of thiophene rings is 1. The Balaban J connectivity index is 2.46. The van der Waals surface area contributed by atoms with Gasteiger partial charge >= 0.3 is 6.03 Å². The SMILES string of the molecule is [NH]Cc1cccc(-c2cc(C(N)=O)c(NC(N)=O)s2)c1. The summed E-state index contributed by atoms with van der Waals surface area (Å²) in [5.41, 5.74) is 19.7. The van der Waals surface area contributed by atoms with Crippen LogP contribution < -0.4 is 22.5 Å². The summed E-state index contributed by atoms with van der Waals surface area (Å²) in [5, 5.41) is 2.72. The minimum atomic E-state index is -0.749. The maximum atomic E-state index is 11.4. The van der Waals surface area contributed by atoms with Crippen molar-refractivity contribution in [3.63, 3.8) is 0 Å². The lowest BCUT2D eigenvalue weighted by atomic mass is 10.1. The molecule has 0 aliphatic heterocycles. The van der Waals surface area contributed by atoms with Crippen molar-refractivity contribution in [2.75, 3.05) is 5.32 Å². The van der Waals surface area contributed by atoms with Crippen LogP contribution in [0.5, 0.6) is 0 Å². The molecule has 1 radical (unpaired) electrons. The van der Waals surface area contributed by atoms with Gasteiger partial charge in [0.15, 0.2) is 0 Å². The van der Waals surface area contributed by atoms with Crippen LogP contribution >= 0.6 is 11.3 Å². The quantitative estimate of drug-likeness (QED) is 0.794. The van der Waals surface area contributed by atoms with Crippen LogP contribution in [0, 0.1) is 0 Å². The highest BCUT2D eigenvalue weighted by Crippen LogP contribution is 2.35. The molecule has 0 aliphatic rings. The Hall–Kier alpha value is -2.38. The Morgan fingerprint density at radius 2 is 2.00 bits per heavy atom. The highest BCUT2D eigenvalue weighted by Gasteiger charge is 2.16. The molecule has 0 aliphatic carbocycles. The van der Waals surface area contributed by atoms with E-state index in [1.54, 1.807) is 6.07 Å². The lowest BCUT2D eigenvalue weighted by Gasteiger charge is -2.00. The van der Waals surface area contributed by atoms with E-state index in [-0.39, 0.29) is 12.1 Å². The molecule has 6 nitrogen and oxygen atoms in total. The third kappa shape index (κ3) is 2.95. The Bertz CT molecular complexity index is 666. The number of urea groups is 1. The number of hydrogen-bond acceptors (Lipinski definition) is 3. The Kier molecular flexibility index (Phi) is 4.02. The van der Waals surface area contributed by atoms with Crippen LogP contribution in [0.3, 0.4) is 0 Å². The van der Waals surface area contributed by atoms with Crippen LogP contribution in [0.2, 0.25) is 0 Å². The van der Waals surface area contributed by atoms with Gasteiger partial charge in [-0.15, -0.1) is 11.3 Å². The number of nitrogens with two attached hydrogens (primary N) is 2.